The van der Waals surface area contributed by atoms with E-state index in [1.165, 1.54) is 122 Å². The van der Waals surface area contributed by atoms with Crippen molar-refractivity contribution in [2.45, 2.75) is 283 Å². The number of carbonyl (C=O) groups is 3. The summed E-state index contributed by atoms with van der Waals surface area (Å²) in [5.74, 6) is -1.56. The maximum Gasteiger partial charge on any atom is 0.472 e. The van der Waals surface area contributed by atoms with Crippen molar-refractivity contribution in [1.29, 1.82) is 0 Å². The van der Waals surface area contributed by atoms with Crippen LogP contribution in [-0.4, -0.2) is 95.9 Å². The molecule has 0 aliphatic rings. The van der Waals surface area contributed by atoms with E-state index in [0.29, 0.717) is 19.3 Å². The summed E-state index contributed by atoms with van der Waals surface area (Å²) in [5, 5.41) is 20.4. The predicted octanol–water partition coefficient (Wildman–Crippen LogP) is 14.4. The molecule has 18 heteroatoms. The molecule has 0 heterocycles. The molecule has 5 unspecified atom stereocenters. The molecular formula is C55H106O16P2. The molecule has 0 rings (SSSR count). The molecule has 0 radical (unpaired) electrons. The number of phosphoric ester groups is 2. The minimum absolute atomic E-state index is 0.114. The zero-order chi connectivity index (χ0) is 53.9. The van der Waals surface area contributed by atoms with Crippen LogP contribution in [0.5, 0.6) is 0 Å². The molecule has 16 nitrogen and oxygen atoms in total. The zero-order valence-electron chi connectivity index (χ0n) is 46.1. The van der Waals surface area contributed by atoms with E-state index in [0.717, 1.165) is 83.5 Å². The fraction of sp³-hybridized carbons (Fsp3) is 0.909. The van der Waals surface area contributed by atoms with E-state index >= 15 is 0 Å². The molecule has 73 heavy (non-hydrogen) atoms. The summed E-state index contributed by atoms with van der Waals surface area (Å²) >= 11 is 0. The summed E-state index contributed by atoms with van der Waals surface area (Å²) < 4.78 is 60.4. The van der Waals surface area contributed by atoms with Crippen LogP contribution in [0.3, 0.4) is 0 Å². The monoisotopic (exact) mass is 1080 g/mol. The summed E-state index contributed by atoms with van der Waals surface area (Å²) in [5.41, 5.74) is 0. The highest BCUT2D eigenvalue weighted by molar-refractivity contribution is 7.47. The Labute approximate surface area is 442 Å². The van der Waals surface area contributed by atoms with Gasteiger partial charge in [0.25, 0.3) is 0 Å². The van der Waals surface area contributed by atoms with E-state index in [-0.39, 0.29) is 19.3 Å². The summed E-state index contributed by atoms with van der Waals surface area (Å²) in [4.78, 5) is 57.8. The van der Waals surface area contributed by atoms with Gasteiger partial charge in [-0.2, -0.15) is 0 Å². The number of hydrogen-bond acceptors (Lipinski definition) is 14. The molecule has 0 spiro atoms. The van der Waals surface area contributed by atoms with Gasteiger partial charge in [-0.05, 0) is 44.9 Å². The lowest BCUT2D eigenvalue weighted by Gasteiger charge is -2.21. The highest BCUT2D eigenvalue weighted by atomic mass is 31.2. The second-order valence-corrected chi connectivity index (χ2v) is 22.7. The van der Waals surface area contributed by atoms with Crippen molar-refractivity contribution in [3.8, 4) is 0 Å². The molecule has 0 aliphatic heterocycles. The molecular weight excluding hydrogens is 979 g/mol. The smallest absolute Gasteiger partial charge is 0.463 e. The van der Waals surface area contributed by atoms with E-state index in [9.17, 15) is 43.5 Å². The van der Waals surface area contributed by atoms with Gasteiger partial charge in [-0.15, -0.1) is 0 Å². The van der Waals surface area contributed by atoms with Crippen LogP contribution in [0.25, 0.3) is 0 Å². The average Bonchev–Trinajstić information content (AvgIpc) is 3.36. The normalized spacial score (nSPS) is 14.7. The topological polar surface area (TPSA) is 231 Å². The quantitative estimate of drug-likeness (QED) is 0.0146. The van der Waals surface area contributed by atoms with Gasteiger partial charge in [0.1, 0.15) is 25.4 Å². The summed E-state index contributed by atoms with van der Waals surface area (Å²) in [6, 6.07) is 0. The zero-order valence-corrected chi connectivity index (χ0v) is 47.9. The molecule has 0 bridgehead atoms. The van der Waals surface area contributed by atoms with Crippen LogP contribution >= 0.6 is 15.6 Å². The van der Waals surface area contributed by atoms with Crippen molar-refractivity contribution in [3.63, 3.8) is 0 Å². The fourth-order valence-corrected chi connectivity index (χ4v) is 9.56. The number of allylic oxidation sites excluding steroid dienone is 2. The maximum absolute atomic E-state index is 12.8. The van der Waals surface area contributed by atoms with Gasteiger partial charge in [0, 0.05) is 19.3 Å². The molecule has 432 valence electrons. The number of hydrogen-bond donors (Lipinski definition) is 4. The molecule has 0 aliphatic carbocycles. The molecule has 4 N–H and O–H groups in total. The van der Waals surface area contributed by atoms with Gasteiger partial charge in [-0.25, -0.2) is 9.13 Å². The third kappa shape index (κ3) is 52.1. The molecule has 5 atom stereocenters. The SMILES string of the molecule is CCCCCCCC/C=C\CCCCCCCC(=O)OCC(O)COP(=O)(O)OCC(O)COP(=O)(O)OCC(COC(=O)CCCCCCCCCCCCC)OC(=O)CCCCCCCCCCCCC. The lowest BCUT2D eigenvalue weighted by atomic mass is 10.1. The van der Waals surface area contributed by atoms with Crippen LogP contribution in [-0.2, 0) is 55.8 Å². The Morgan fingerprint density at radius 3 is 1.00 bits per heavy atom. The van der Waals surface area contributed by atoms with Crippen molar-refractivity contribution < 1.29 is 75.8 Å². The Kier molecular flexibility index (Phi) is 49.9. The van der Waals surface area contributed by atoms with Crippen molar-refractivity contribution in [3.05, 3.63) is 12.2 Å². The number of phosphoric acid groups is 2. The molecule has 0 fully saturated rings. The van der Waals surface area contributed by atoms with Gasteiger partial charge >= 0.3 is 33.6 Å². The van der Waals surface area contributed by atoms with Crippen molar-refractivity contribution in [2.24, 2.45) is 0 Å². The van der Waals surface area contributed by atoms with Crippen LogP contribution in [0.1, 0.15) is 265 Å². The number of esters is 3. The van der Waals surface area contributed by atoms with E-state index < -0.39 is 91.5 Å². The van der Waals surface area contributed by atoms with Crippen molar-refractivity contribution in [2.75, 3.05) is 39.6 Å². The molecule has 0 aromatic heterocycles. The molecule has 0 saturated heterocycles. The van der Waals surface area contributed by atoms with E-state index in [2.05, 4.69) is 32.9 Å². The first kappa shape index (κ1) is 71.3. The first-order chi connectivity index (χ1) is 35.2. The Morgan fingerprint density at radius 1 is 0.370 bits per heavy atom. The van der Waals surface area contributed by atoms with Crippen LogP contribution in [0.4, 0.5) is 0 Å². The van der Waals surface area contributed by atoms with Crippen molar-refractivity contribution in [1.82, 2.24) is 0 Å². The van der Waals surface area contributed by atoms with E-state index in [4.69, 9.17) is 32.3 Å². The van der Waals surface area contributed by atoms with Gasteiger partial charge in [-0.1, -0.05) is 213 Å². The lowest BCUT2D eigenvalue weighted by molar-refractivity contribution is -0.161. The van der Waals surface area contributed by atoms with Crippen LogP contribution in [0, 0.1) is 0 Å². The van der Waals surface area contributed by atoms with Gasteiger partial charge < -0.3 is 34.2 Å². The van der Waals surface area contributed by atoms with Crippen LogP contribution in [0.2, 0.25) is 0 Å². The van der Waals surface area contributed by atoms with Crippen LogP contribution < -0.4 is 0 Å². The fourth-order valence-electron chi connectivity index (χ4n) is 7.98. The van der Waals surface area contributed by atoms with Gasteiger partial charge in [-0.3, -0.25) is 32.5 Å². The molecule has 0 aromatic rings. The average molecular weight is 1090 g/mol. The summed E-state index contributed by atoms with van der Waals surface area (Å²) in [6.45, 7) is 2.65. The summed E-state index contributed by atoms with van der Waals surface area (Å²) in [6.07, 6.45) is 40.1. The minimum atomic E-state index is -4.90. The largest absolute Gasteiger partial charge is 0.472 e. The second kappa shape index (κ2) is 51.1. The van der Waals surface area contributed by atoms with E-state index in [1.54, 1.807) is 0 Å². The number of rotatable bonds is 56. The first-order valence-electron chi connectivity index (χ1n) is 29.0. The molecule has 0 saturated carbocycles. The standard InChI is InChI=1S/C55H106O16P2/c1-4-7-10-13-16-19-22-23-24-25-28-30-32-35-38-41-53(58)65-44-50(56)45-67-72(61,62)68-46-51(57)47-69-73(63,64)70-49-52(71-55(60)43-40-37-34-31-27-21-18-15-12-9-6-3)48-66-54(59)42-39-36-33-29-26-20-17-14-11-8-5-2/h23-24,50-52,56-57H,4-22,25-49H2,1-3H3,(H,61,62)(H,63,64)/b24-23-. The maximum atomic E-state index is 12.8. The van der Waals surface area contributed by atoms with Crippen LogP contribution in [0.15, 0.2) is 12.2 Å². The highest BCUT2D eigenvalue weighted by Gasteiger charge is 2.29. The summed E-state index contributed by atoms with van der Waals surface area (Å²) in [7, 11) is -9.72. The van der Waals surface area contributed by atoms with Crippen molar-refractivity contribution >= 4 is 33.6 Å². The highest BCUT2D eigenvalue weighted by Crippen LogP contribution is 2.45. The number of aliphatic hydroxyl groups excluding tert-OH is 2. The Hall–Kier alpha value is -1.71. The van der Waals surface area contributed by atoms with E-state index in [1.807, 2.05) is 0 Å². The number of aliphatic hydroxyl groups is 2. The molecule has 0 amide bonds. The third-order valence-electron chi connectivity index (χ3n) is 12.5. The van der Waals surface area contributed by atoms with Gasteiger partial charge in [0.05, 0.1) is 26.4 Å². The number of unbranched alkanes of at least 4 members (excludes halogenated alkanes) is 31. The van der Waals surface area contributed by atoms with Gasteiger partial charge in [0.15, 0.2) is 6.10 Å². The lowest BCUT2D eigenvalue weighted by Crippen LogP contribution is -2.30. The predicted molar refractivity (Wildman–Crippen MR) is 289 cm³/mol. The Morgan fingerprint density at radius 2 is 0.644 bits per heavy atom. The first-order valence-corrected chi connectivity index (χ1v) is 32.0. The Bertz CT molecular complexity index is 1420. The minimum Gasteiger partial charge on any atom is -0.463 e. The Balaban J connectivity index is 4.61. The number of carbonyl (C=O) groups excluding carboxylic acids is 3. The third-order valence-corrected chi connectivity index (χ3v) is 14.4. The molecule has 0 aromatic carbocycles. The number of ether oxygens (including phenoxy) is 3. The van der Waals surface area contributed by atoms with Gasteiger partial charge in [0.2, 0.25) is 0 Å². The second-order valence-electron chi connectivity index (χ2n) is 19.8.